The Kier molecular flexibility index (Phi) is 5.61. The van der Waals surface area contributed by atoms with E-state index >= 15 is 0 Å². The number of aliphatic hydroxyl groups is 1. The lowest BCUT2D eigenvalue weighted by molar-refractivity contribution is -0.189. The Morgan fingerprint density at radius 3 is 2.70 bits per heavy atom. The number of carbonyl (C=O) groups excluding carboxylic acids is 1. The highest BCUT2D eigenvalue weighted by Crippen LogP contribution is 2.33. The van der Waals surface area contributed by atoms with Crippen LogP contribution in [0.4, 0.5) is 8.78 Å². The number of fused-ring (bicyclic) bond motifs is 3. The van der Waals surface area contributed by atoms with Gasteiger partial charge in [0, 0.05) is 35.6 Å². The highest BCUT2D eigenvalue weighted by Gasteiger charge is 2.40. The van der Waals surface area contributed by atoms with Gasteiger partial charge in [-0.1, -0.05) is 12.1 Å². The summed E-state index contributed by atoms with van der Waals surface area (Å²) in [7, 11) is 0. The maximum absolute atomic E-state index is 13.0. The predicted molar refractivity (Wildman–Crippen MR) is 128 cm³/mol. The monoisotopic (exact) mass is 507 g/mol. The van der Waals surface area contributed by atoms with Gasteiger partial charge in [0.2, 0.25) is 0 Å². The summed E-state index contributed by atoms with van der Waals surface area (Å²) < 4.78 is 37.0. The molecule has 0 radical (unpaired) electrons. The molecule has 190 valence electrons. The molecule has 4 aromatic rings. The van der Waals surface area contributed by atoms with E-state index in [0.717, 1.165) is 28.0 Å². The summed E-state index contributed by atoms with van der Waals surface area (Å²) in [5.41, 5.74) is 2.91. The van der Waals surface area contributed by atoms with Gasteiger partial charge in [-0.25, -0.2) is 15.0 Å². The van der Waals surface area contributed by atoms with Crippen LogP contribution < -0.4 is 10.1 Å². The standard InChI is InChI=1S/C26H23F2N5O4/c1-14-17(3-2-4-21(14)37-25(27)28)23(34)32-19-7-8-33-20-9-15(5-6-18(20)31-22(19)33)16-10-29-24(30-11-16)26(35)12-36-13-26/h2-6,9-11,19,25,35H,7-8,12-13H2,1H3,(H,32,34)/t19-/m1/s1. The second-order valence-electron chi connectivity index (χ2n) is 9.27. The van der Waals surface area contributed by atoms with Crippen LogP contribution in [0.3, 0.4) is 0 Å². The molecule has 0 spiro atoms. The van der Waals surface area contributed by atoms with Crippen LogP contribution in [0.2, 0.25) is 0 Å². The molecule has 1 fully saturated rings. The number of imidazole rings is 1. The number of carbonyl (C=O) groups is 1. The first-order valence-electron chi connectivity index (χ1n) is 11.8. The third kappa shape index (κ3) is 4.09. The number of halogens is 2. The molecule has 2 aromatic carbocycles. The molecule has 2 aliphatic rings. The van der Waals surface area contributed by atoms with Crippen LogP contribution in [0.15, 0.2) is 48.8 Å². The molecule has 2 N–H and O–H groups in total. The van der Waals surface area contributed by atoms with E-state index in [9.17, 15) is 18.7 Å². The van der Waals surface area contributed by atoms with E-state index in [-0.39, 0.29) is 36.5 Å². The zero-order chi connectivity index (χ0) is 25.7. The molecule has 9 nitrogen and oxygen atoms in total. The molecular formula is C26H23F2N5O4. The van der Waals surface area contributed by atoms with Crippen LogP contribution in [-0.2, 0) is 16.9 Å². The molecule has 0 aliphatic carbocycles. The lowest BCUT2D eigenvalue weighted by atomic mass is 10.0. The highest BCUT2D eigenvalue weighted by molar-refractivity contribution is 5.96. The fraction of sp³-hybridized carbons (Fsp3) is 0.308. The quantitative estimate of drug-likeness (QED) is 0.411. The van der Waals surface area contributed by atoms with Crippen molar-refractivity contribution in [2.45, 2.75) is 38.1 Å². The minimum absolute atomic E-state index is 0.0268. The first kappa shape index (κ1) is 23.4. The lowest BCUT2D eigenvalue weighted by Crippen LogP contribution is -2.47. The fourth-order valence-corrected chi connectivity index (χ4v) is 4.81. The number of nitrogens with one attached hydrogen (secondary N) is 1. The Hall–Kier alpha value is -3.96. The third-order valence-electron chi connectivity index (χ3n) is 6.86. The average Bonchev–Trinajstić information content (AvgIpc) is 3.43. The van der Waals surface area contributed by atoms with Crippen LogP contribution in [-0.4, -0.2) is 50.4 Å². The summed E-state index contributed by atoms with van der Waals surface area (Å²) in [5, 5.41) is 13.3. The highest BCUT2D eigenvalue weighted by atomic mass is 19.3. The van der Waals surface area contributed by atoms with Crippen molar-refractivity contribution < 1.29 is 28.2 Å². The molecule has 1 atom stereocenters. The third-order valence-corrected chi connectivity index (χ3v) is 6.86. The minimum atomic E-state index is -2.97. The zero-order valence-electron chi connectivity index (χ0n) is 19.8. The largest absolute Gasteiger partial charge is 0.435 e. The van der Waals surface area contributed by atoms with Crippen molar-refractivity contribution in [1.82, 2.24) is 24.8 Å². The van der Waals surface area contributed by atoms with E-state index in [1.807, 2.05) is 18.2 Å². The maximum Gasteiger partial charge on any atom is 0.387 e. The van der Waals surface area contributed by atoms with Gasteiger partial charge in [-0.05, 0) is 43.2 Å². The van der Waals surface area contributed by atoms with Crippen molar-refractivity contribution in [3.05, 3.63) is 71.6 Å². The Labute approximate surface area is 210 Å². The van der Waals surface area contributed by atoms with E-state index in [1.165, 1.54) is 12.1 Å². The van der Waals surface area contributed by atoms with Crippen LogP contribution >= 0.6 is 0 Å². The summed E-state index contributed by atoms with van der Waals surface area (Å²) in [6, 6.07) is 10.0. The van der Waals surface area contributed by atoms with Crippen molar-refractivity contribution in [3.63, 3.8) is 0 Å². The molecule has 1 amide bonds. The number of ether oxygens (including phenoxy) is 2. The van der Waals surface area contributed by atoms with Crippen molar-refractivity contribution in [3.8, 4) is 16.9 Å². The summed E-state index contributed by atoms with van der Waals surface area (Å²) in [4.78, 5) is 26.4. The van der Waals surface area contributed by atoms with Gasteiger partial charge in [-0.3, -0.25) is 4.79 Å². The van der Waals surface area contributed by atoms with Gasteiger partial charge in [0.25, 0.3) is 5.91 Å². The first-order chi connectivity index (χ1) is 17.8. The molecular weight excluding hydrogens is 484 g/mol. The molecule has 0 saturated carbocycles. The topological polar surface area (TPSA) is 111 Å². The smallest absolute Gasteiger partial charge is 0.387 e. The summed E-state index contributed by atoms with van der Waals surface area (Å²) in [6.45, 7) is -0.353. The van der Waals surface area contributed by atoms with Gasteiger partial charge in [-0.2, -0.15) is 8.78 Å². The number of hydrogen-bond donors (Lipinski definition) is 2. The molecule has 37 heavy (non-hydrogen) atoms. The van der Waals surface area contributed by atoms with Crippen molar-refractivity contribution in [2.24, 2.45) is 0 Å². The molecule has 6 rings (SSSR count). The number of amides is 1. The van der Waals surface area contributed by atoms with Crippen molar-refractivity contribution >= 4 is 16.9 Å². The van der Waals surface area contributed by atoms with Gasteiger partial charge < -0.3 is 24.5 Å². The van der Waals surface area contributed by atoms with E-state index in [1.54, 1.807) is 25.4 Å². The second-order valence-corrected chi connectivity index (χ2v) is 9.27. The van der Waals surface area contributed by atoms with Crippen LogP contribution in [0.5, 0.6) is 5.75 Å². The summed E-state index contributed by atoms with van der Waals surface area (Å²) in [6.07, 6.45) is 4.01. The van der Waals surface area contributed by atoms with Crippen molar-refractivity contribution in [2.75, 3.05) is 13.2 Å². The normalized spacial score (nSPS) is 18.0. The SMILES string of the molecule is Cc1c(OC(F)F)cccc1C(=O)N[C@@H]1CCn2c1nc1ccc(-c3cnc(C4(O)COC4)nc3)cc12. The minimum Gasteiger partial charge on any atom is -0.435 e. The van der Waals surface area contributed by atoms with Crippen molar-refractivity contribution in [1.29, 1.82) is 0 Å². The number of alkyl halides is 2. The number of benzene rings is 2. The fourth-order valence-electron chi connectivity index (χ4n) is 4.81. The number of aryl methyl sites for hydroxylation is 1. The second kappa shape index (κ2) is 8.86. The number of nitrogens with zero attached hydrogens (tertiary/aromatic N) is 4. The number of hydrogen-bond acceptors (Lipinski definition) is 7. The molecule has 2 aliphatic heterocycles. The van der Waals surface area contributed by atoms with Crippen LogP contribution in [0.25, 0.3) is 22.2 Å². The Bertz CT molecular complexity index is 1500. The van der Waals surface area contributed by atoms with Gasteiger partial charge in [0.15, 0.2) is 11.4 Å². The molecule has 2 aromatic heterocycles. The zero-order valence-corrected chi connectivity index (χ0v) is 19.8. The van der Waals surface area contributed by atoms with E-state index in [0.29, 0.717) is 24.4 Å². The van der Waals surface area contributed by atoms with Gasteiger partial charge in [-0.15, -0.1) is 0 Å². The van der Waals surface area contributed by atoms with Crippen LogP contribution in [0, 0.1) is 6.92 Å². The maximum atomic E-state index is 13.0. The molecule has 4 heterocycles. The molecule has 1 saturated heterocycles. The van der Waals surface area contributed by atoms with Gasteiger partial charge in [0.05, 0.1) is 30.3 Å². The Morgan fingerprint density at radius 2 is 2.00 bits per heavy atom. The first-order valence-corrected chi connectivity index (χ1v) is 11.8. The Morgan fingerprint density at radius 1 is 1.22 bits per heavy atom. The molecule has 0 unspecified atom stereocenters. The summed E-state index contributed by atoms with van der Waals surface area (Å²) in [5.74, 6) is 0.672. The van der Waals surface area contributed by atoms with Gasteiger partial charge in [0.1, 0.15) is 11.6 Å². The Balaban J connectivity index is 1.24. The average molecular weight is 507 g/mol. The molecule has 11 heteroatoms. The number of aromatic nitrogens is 4. The van der Waals surface area contributed by atoms with E-state index < -0.39 is 12.2 Å². The summed E-state index contributed by atoms with van der Waals surface area (Å²) >= 11 is 0. The van der Waals surface area contributed by atoms with E-state index in [4.69, 9.17) is 9.72 Å². The number of rotatable bonds is 6. The van der Waals surface area contributed by atoms with Gasteiger partial charge >= 0.3 is 6.61 Å². The lowest BCUT2D eigenvalue weighted by Gasteiger charge is -2.34. The molecule has 0 bridgehead atoms. The predicted octanol–water partition coefficient (Wildman–Crippen LogP) is 3.50. The van der Waals surface area contributed by atoms with Crippen LogP contribution in [0.1, 0.15) is 40.0 Å². The van der Waals surface area contributed by atoms with E-state index in [2.05, 4.69) is 24.6 Å².